The van der Waals surface area contributed by atoms with E-state index in [1.165, 1.54) is 0 Å². The van der Waals surface area contributed by atoms with Crippen LogP contribution in [0.2, 0.25) is 0 Å². The number of phenolic OH excluding ortho intramolecular Hbond substituents is 1. The van der Waals surface area contributed by atoms with E-state index < -0.39 is 11.2 Å². The zero-order valence-corrected chi connectivity index (χ0v) is 16.8. The standard InChI is InChI=1S/C18H20Br2O3/c1-7(2)9-5-6-18(4)12(9)10-11(16(22)17(18)23)15(21)14(20)8(3)13(10)19/h7,9,12,21H,5-6H2,1-4H3. The number of aromatic hydroxyl groups is 1. The van der Waals surface area contributed by atoms with Crippen LogP contribution in [0, 0.1) is 24.2 Å². The molecule has 3 nitrogen and oxygen atoms in total. The van der Waals surface area contributed by atoms with E-state index in [-0.39, 0.29) is 23.0 Å². The van der Waals surface area contributed by atoms with Crippen LogP contribution >= 0.6 is 31.9 Å². The van der Waals surface area contributed by atoms with Gasteiger partial charge < -0.3 is 5.11 Å². The zero-order chi connectivity index (χ0) is 17.3. The first-order valence-electron chi connectivity index (χ1n) is 7.92. The second-order valence-electron chi connectivity index (χ2n) is 7.39. The molecule has 1 fully saturated rings. The molecule has 3 unspecified atom stereocenters. The van der Waals surface area contributed by atoms with E-state index >= 15 is 0 Å². The Morgan fingerprint density at radius 2 is 1.83 bits per heavy atom. The van der Waals surface area contributed by atoms with Gasteiger partial charge in [-0.15, -0.1) is 0 Å². The SMILES string of the molecule is Cc1c(Br)c(O)c2c(c1Br)C1C(C(C)C)CCC1(C)C(=O)C2=O. The maximum atomic E-state index is 12.8. The van der Waals surface area contributed by atoms with Crippen molar-refractivity contribution in [3.63, 3.8) is 0 Å². The number of Topliss-reactive ketones (excluding diaryl/α,β-unsaturated/α-hetero) is 2. The highest BCUT2D eigenvalue weighted by atomic mass is 79.9. The molecule has 0 bridgehead atoms. The van der Waals surface area contributed by atoms with Gasteiger partial charge in [0.1, 0.15) is 5.75 Å². The molecular weight excluding hydrogens is 424 g/mol. The molecule has 0 heterocycles. The maximum absolute atomic E-state index is 12.8. The molecule has 3 rings (SSSR count). The lowest BCUT2D eigenvalue weighted by atomic mass is 9.62. The van der Waals surface area contributed by atoms with Crippen molar-refractivity contribution in [2.75, 3.05) is 0 Å². The first kappa shape index (κ1) is 17.2. The highest BCUT2D eigenvalue weighted by molar-refractivity contribution is 9.11. The number of fused-ring (bicyclic) bond motifs is 3. The zero-order valence-electron chi connectivity index (χ0n) is 13.7. The van der Waals surface area contributed by atoms with Gasteiger partial charge in [-0.2, -0.15) is 0 Å². The second-order valence-corrected chi connectivity index (χ2v) is 8.98. The monoisotopic (exact) mass is 442 g/mol. The van der Waals surface area contributed by atoms with Crippen molar-refractivity contribution < 1.29 is 14.7 Å². The number of phenols is 1. The molecule has 1 aromatic carbocycles. The van der Waals surface area contributed by atoms with Crippen LogP contribution in [0.25, 0.3) is 0 Å². The van der Waals surface area contributed by atoms with Gasteiger partial charge in [-0.25, -0.2) is 0 Å². The van der Waals surface area contributed by atoms with Crippen molar-refractivity contribution in [2.24, 2.45) is 17.3 Å². The van der Waals surface area contributed by atoms with Crippen LogP contribution < -0.4 is 0 Å². The molecule has 3 atom stereocenters. The fourth-order valence-corrected chi connectivity index (χ4v) is 5.79. The Morgan fingerprint density at radius 3 is 2.39 bits per heavy atom. The van der Waals surface area contributed by atoms with Crippen molar-refractivity contribution in [3.8, 4) is 5.75 Å². The van der Waals surface area contributed by atoms with Crippen LogP contribution in [0.15, 0.2) is 8.95 Å². The predicted molar refractivity (Wildman–Crippen MR) is 96.0 cm³/mol. The molecule has 124 valence electrons. The molecule has 0 aliphatic heterocycles. The molecule has 1 aromatic rings. The third kappa shape index (κ3) is 2.12. The van der Waals surface area contributed by atoms with E-state index in [0.29, 0.717) is 16.3 Å². The Balaban J connectivity index is 2.40. The van der Waals surface area contributed by atoms with Crippen molar-refractivity contribution in [1.29, 1.82) is 0 Å². The lowest BCUT2D eigenvalue weighted by Gasteiger charge is -2.40. The molecule has 0 amide bonds. The van der Waals surface area contributed by atoms with Crippen LogP contribution in [0.1, 0.15) is 61.0 Å². The molecule has 2 aliphatic carbocycles. The first-order valence-corrected chi connectivity index (χ1v) is 9.51. The van der Waals surface area contributed by atoms with Crippen LogP contribution in [-0.2, 0) is 4.79 Å². The average molecular weight is 444 g/mol. The molecule has 0 aromatic heterocycles. The molecule has 0 saturated heterocycles. The lowest BCUT2D eigenvalue weighted by molar-refractivity contribution is -0.124. The average Bonchev–Trinajstić information content (AvgIpc) is 2.85. The lowest BCUT2D eigenvalue weighted by Crippen LogP contribution is -2.43. The van der Waals surface area contributed by atoms with Gasteiger partial charge >= 0.3 is 0 Å². The fourth-order valence-electron chi connectivity index (χ4n) is 4.48. The first-order chi connectivity index (χ1) is 10.6. The molecule has 5 heteroatoms. The number of carbonyl (C=O) groups is 2. The van der Waals surface area contributed by atoms with E-state index in [2.05, 4.69) is 45.7 Å². The summed E-state index contributed by atoms with van der Waals surface area (Å²) >= 11 is 6.97. The van der Waals surface area contributed by atoms with E-state index in [1.807, 2.05) is 13.8 Å². The van der Waals surface area contributed by atoms with Gasteiger partial charge in [0.15, 0.2) is 0 Å². The Kier molecular flexibility index (Phi) is 4.04. The highest BCUT2D eigenvalue weighted by Crippen LogP contribution is 2.61. The van der Waals surface area contributed by atoms with Crippen molar-refractivity contribution >= 4 is 43.4 Å². The second kappa shape index (κ2) is 5.41. The Hall–Kier alpha value is -0.680. The van der Waals surface area contributed by atoms with E-state index in [1.54, 1.807) is 0 Å². The van der Waals surface area contributed by atoms with E-state index in [4.69, 9.17) is 0 Å². The molecule has 0 spiro atoms. The molecule has 1 N–H and O–H groups in total. The summed E-state index contributed by atoms with van der Waals surface area (Å²) in [4.78, 5) is 25.6. The number of halogens is 2. The van der Waals surface area contributed by atoms with E-state index in [0.717, 1.165) is 28.4 Å². The largest absolute Gasteiger partial charge is 0.506 e. The quantitative estimate of drug-likeness (QED) is 0.610. The summed E-state index contributed by atoms with van der Waals surface area (Å²) in [6, 6.07) is 0. The number of benzene rings is 1. The summed E-state index contributed by atoms with van der Waals surface area (Å²) in [5.41, 5.74) is 1.22. The van der Waals surface area contributed by atoms with Crippen molar-refractivity contribution in [1.82, 2.24) is 0 Å². The summed E-state index contributed by atoms with van der Waals surface area (Å²) in [5.74, 6) is -0.302. The molecule has 0 radical (unpaired) electrons. The minimum atomic E-state index is -0.658. The summed E-state index contributed by atoms with van der Waals surface area (Å²) in [6.07, 6.45) is 1.66. The number of ketones is 2. The van der Waals surface area contributed by atoms with Crippen LogP contribution in [0.5, 0.6) is 5.75 Å². The Bertz CT molecular complexity index is 739. The molecule has 1 saturated carbocycles. The summed E-state index contributed by atoms with van der Waals surface area (Å²) in [6.45, 7) is 8.14. The van der Waals surface area contributed by atoms with Gasteiger partial charge in [0.25, 0.3) is 0 Å². The number of carbonyl (C=O) groups excluding carboxylic acids is 2. The van der Waals surface area contributed by atoms with Crippen LogP contribution in [0.3, 0.4) is 0 Å². The van der Waals surface area contributed by atoms with Gasteiger partial charge in [-0.1, -0.05) is 36.7 Å². The van der Waals surface area contributed by atoms with Gasteiger partial charge in [-0.05, 0) is 58.7 Å². The smallest absolute Gasteiger partial charge is 0.233 e. The Morgan fingerprint density at radius 1 is 1.22 bits per heavy atom. The van der Waals surface area contributed by atoms with Gasteiger partial charge in [0.05, 0.1) is 10.0 Å². The number of hydrogen-bond donors (Lipinski definition) is 1. The Labute approximate surface area is 153 Å². The number of rotatable bonds is 1. The molecule has 2 aliphatic rings. The third-order valence-electron chi connectivity index (χ3n) is 5.84. The topological polar surface area (TPSA) is 54.4 Å². The summed E-state index contributed by atoms with van der Waals surface area (Å²) in [7, 11) is 0. The minimum absolute atomic E-state index is 0.0326. The maximum Gasteiger partial charge on any atom is 0.233 e. The highest BCUT2D eigenvalue weighted by Gasteiger charge is 2.58. The number of hydrogen-bond acceptors (Lipinski definition) is 3. The predicted octanol–water partition coefficient (Wildman–Crippen LogP) is 5.15. The summed E-state index contributed by atoms with van der Waals surface area (Å²) < 4.78 is 1.31. The van der Waals surface area contributed by atoms with Gasteiger partial charge in [-0.3, -0.25) is 9.59 Å². The van der Waals surface area contributed by atoms with Gasteiger partial charge in [0, 0.05) is 15.8 Å². The molecular formula is C18H20Br2O3. The third-order valence-corrected chi connectivity index (χ3v) is 7.83. The summed E-state index contributed by atoms with van der Waals surface area (Å²) in [5, 5.41) is 10.5. The minimum Gasteiger partial charge on any atom is -0.506 e. The van der Waals surface area contributed by atoms with E-state index in [9.17, 15) is 14.7 Å². The van der Waals surface area contributed by atoms with Crippen LogP contribution in [-0.4, -0.2) is 16.7 Å². The normalized spacial score (nSPS) is 29.9. The fraction of sp³-hybridized carbons (Fsp3) is 0.556. The van der Waals surface area contributed by atoms with Crippen LogP contribution in [0.4, 0.5) is 0 Å². The van der Waals surface area contributed by atoms with Crippen molar-refractivity contribution in [3.05, 3.63) is 25.6 Å². The van der Waals surface area contributed by atoms with Gasteiger partial charge in [0.2, 0.25) is 11.6 Å². The van der Waals surface area contributed by atoms with Crippen molar-refractivity contribution in [2.45, 2.75) is 46.5 Å². The molecule has 23 heavy (non-hydrogen) atoms.